The normalized spacial score (nSPS) is 19.0. The number of hydrogen-bond acceptors (Lipinski definition) is 4. The molecule has 0 spiro atoms. The molecule has 1 fully saturated rings. The van der Waals surface area contributed by atoms with E-state index in [1.807, 2.05) is 6.92 Å². The Morgan fingerprint density at radius 1 is 1.38 bits per heavy atom. The number of morpholine rings is 1. The van der Waals surface area contributed by atoms with Gasteiger partial charge in [0.05, 0.1) is 13.2 Å². The first-order chi connectivity index (χ1) is 11.2. The Bertz CT molecular complexity index is 555. The summed E-state index contributed by atoms with van der Waals surface area (Å²) in [6, 6.07) is 0.858. The fraction of sp³-hybridized carbons (Fsp3) is 0.733. The molecule has 2 heterocycles. The summed E-state index contributed by atoms with van der Waals surface area (Å²) in [5.74, 6) is -0.361. The van der Waals surface area contributed by atoms with Crippen LogP contribution in [0.25, 0.3) is 0 Å². The Hall–Kier alpha value is -1.61. The molecule has 0 radical (unpaired) electrons. The zero-order chi connectivity index (χ0) is 17.8. The number of ether oxygens (including phenoxy) is 1. The zero-order valence-electron chi connectivity index (χ0n) is 13.9. The van der Waals surface area contributed by atoms with Gasteiger partial charge in [-0.3, -0.25) is 14.4 Å². The van der Waals surface area contributed by atoms with Crippen molar-refractivity contribution in [2.24, 2.45) is 0 Å². The van der Waals surface area contributed by atoms with Gasteiger partial charge in [-0.2, -0.15) is 18.3 Å². The minimum atomic E-state index is -4.50. The number of halogens is 3. The molecule has 1 N–H and O–H groups in total. The van der Waals surface area contributed by atoms with Crippen LogP contribution in [-0.4, -0.2) is 59.0 Å². The van der Waals surface area contributed by atoms with Gasteiger partial charge in [-0.1, -0.05) is 6.92 Å². The second kappa shape index (κ2) is 7.52. The lowest BCUT2D eigenvalue weighted by Gasteiger charge is -2.43. The van der Waals surface area contributed by atoms with Crippen LogP contribution in [0.4, 0.5) is 13.2 Å². The maximum Gasteiger partial charge on any atom is 0.435 e. The average molecular weight is 348 g/mol. The van der Waals surface area contributed by atoms with Crippen LogP contribution in [0.3, 0.4) is 0 Å². The Kier molecular flexibility index (Phi) is 5.87. The fourth-order valence-corrected chi connectivity index (χ4v) is 2.66. The molecule has 0 saturated carbocycles. The molecular formula is C15H23F3N4O2. The molecular weight excluding hydrogens is 325 g/mol. The topological polar surface area (TPSA) is 59.4 Å². The van der Waals surface area contributed by atoms with Gasteiger partial charge in [0.15, 0.2) is 5.69 Å². The van der Waals surface area contributed by atoms with Gasteiger partial charge in [0.1, 0.15) is 6.54 Å². The molecule has 0 aliphatic carbocycles. The van der Waals surface area contributed by atoms with Crippen molar-refractivity contribution in [1.29, 1.82) is 0 Å². The lowest BCUT2D eigenvalue weighted by Crippen LogP contribution is -2.57. The molecule has 2 rings (SSSR count). The molecule has 6 nitrogen and oxygen atoms in total. The molecule has 1 atom stereocenters. The Balaban J connectivity index is 1.88. The van der Waals surface area contributed by atoms with E-state index in [0.717, 1.165) is 36.5 Å². The summed E-state index contributed by atoms with van der Waals surface area (Å²) < 4.78 is 43.8. The van der Waals surface area contributed by atoms with Crippen LogP contribution in [0.2, 0.25) is 0 Å². The van der Waals surface area contributed by atoms with Crippen LogP contribution in [-0.2, 0) is 22.3 Å². The van der Waals surface area contributed by atoms with Gasteiger partial charge in [-0.25, -0.2) is 0 Å². The molecule has 1 aromatic heterocycles. The van der Waals surface area contributed by atoms with Crippen molar-refractivity contribution in [2.45, 2.75) is 38.5 Å². The van der Waals surface area contributed by atoms with Crippen molar-refractivity contribution in [1.82, 2.24) is 20.0 Å². The van der Waals surface area contributed by atoms with Crippen LogP contribution < -0.4 is 5.32 Å². The summed E-state index contributed by atoms with van der Waals surface area (Å²) in [7, 11) is 0. The van der Waals surface area contributed by atoms with E-state index in [2.05, 4.69) is 22.2 Å². The third-order valence-corrected chi connectivity index (χ3v) is 4.44. The standard InChI is InChI=1S/C15H23F3N4O2/c1-3-14(2,21-6-8-24-9-7-21)11-19-13(23)10-22-5-4-12(20-22)15(16,17)18/h4-5H,3,6-11H2,1-2H3,(H,19,23)/t14-/m1/s1. The Morgan fingerprint density at radius 3 is 2.58 bits per heavy atom. The number of hydrogen-bond donors (Lipinski definition) is 1. The number of carbonyl (C=O) groups is 1. The summed E-state index contributed by atoms with van der Waals surface area (Å²) in [5.41, 5.74) is -1.21. The van der Waals surface area contributed by atoms with E-state index in [-0.39, 0.29) is 18.0 Å². The SMILES string of the molecule is CC[C@](C)(CNC(=O)Cn1ccc(C(F)(F)F)n1)N1CCOCC1. The van der Waals surface area contributed by atoms with Crippen molar-refractivity contribution in [3.05, 3.63) is 18.0 Å². The predicted octanol–water partition coefficient (Wildman–Crippen LogP) is 1.52. The first-order valence-corrected chi connectivity index (χ1v) is 7.95. The van der Waals surface area contributed by atoms with Gasteiger partial charge in [-0.05, 0) is 19.4 Å². The molecule has 0 unspecified atom stereocenters. The van der Waals surface area contributed by atoms with Crippen molar-refractivity contribution in [3.63, 3.8) is 0 Å². The van der Waals surface area contributed by atoms with E-state index >= 15 is 0 Å². The lowest BCUT2D eigenvalue weighted by molar-refractivity contribution is -0.141. The molecule has 136 valence electrons. The largest absolute Gasteiger partial charge is 0.435 e. The highest BCUT2D eigenvalue weighted by Crippen LogP contribution is 2.27. The predicted molar refractivity (Wildman–Crippen MR) is 81.3 cm³/mol. The van der Waals surface area contributed by atoms with Gasteiger partial charge >= 0.3 is 6.18 Å². The summed E-state index contributed by atoms with van der Waals surface area (Å²) in [5, 5.41) is 6.18. The molecule has 1 aliphatic rings. The lowest BCUT2D eigenvalue weighted by atomic mass is 9.95. The van der Waals surface area contributed by atoms with E-state index in [1.165, 1.54) is 0 Å². The smallest absolute Gasteiger partial charge is 0.379 e. The molecule has 24 heavy (non-hydrogen) atoms. The molecule has 1 aliphatic heterocycles. The van der Waals surface area contributed by atoms with Gasteiger partial charge in [0, 0.05) is 31.4 Å². The van der Waals surface area contributed by atoms with Crippen molar-refractivity contribution in [2.75, 3.05) is 32.8 Å². The highest BCUT2D eigenvalue weighted by molar-refractivity contribution is 5.75. The van der Waals surface area contributed by atoms with E-state index in [4.69, 9.17) is 4.74 Å². The van der Waals surface area contributed by atoms with Crippen molar-refractivity contribution >= 4 is 5.91 Å². The molecule has 9 heteroatoms. The van der Waals surface area contributed by atoms with Gasteiger partial charge in [0.2, 0.25) is 5.91 Å². The van der Waals surface area contributed by atoms with E-state index in [0.29, 0.717) is 19.8 Å². The minimum absolute atomic E-state index is 0.208. The van der Waals surface area contributed by atoms with Gasteiger partial charge in [-0.15, -0.1) is 0 Å². The minimum Gasteiger partial charge on any atom is -0.379 e. The van der Waals surface area contributed by atoms with Crippen LogP contribution in [0, 0.1) is 0 Å². The maximum absolute atomic E-state index is 12.5. The molecule has 0 bridgehead atoms. The monoisotopic (exact) mass is 348 g/mol. The first-order valence-electron chi connectivity index (χ1n) is 7.95. The molecule has 1 amide bonds. The fourth-order valence-electron chi connectivity index (χ4n) is 2.66. The van der Waals surface area contributed by atoms with Gasteiger partial charge in [0.25, 0.3) is 0 Å². The van der Waals surface area contributed by atoms with E-state index in [1.54, 1.807) is 0 Å². The maximum atomic E-state index is 12.5. The molecule has 1 saturated heterocycles. The second-order valence-corrected chi connectivity index (χ2v) is 6.12. The average Bonchev–Trinajstić information content (AvgIpc) is 3.02. The highest BCUT2D eigenvalue weighted by atomic mass is 19.4. The van der Waals surface area contributed by atoms with Crippen LogP contribution in [0.15, 0.2) is 12.3 Å². The van der Waals surface area contributed by atoms with Crippen LogP contribution >= 0.6 is 0 Å². The Labute approximate surface area is 138 Å². The van der Waals surface area contributed by atoms with E-state index in [9.17, 15) is 18.0 Å². The van der Waals surface area contributed by atoms with Crippen LogP contribution in [0.1, 0.15) is 26.0 Å². The first kappa shape index (κ1) is 18.7. The second-order valence-electron chi connectivity index (χ2n) is 6.12. The summed E-state index contributed by atoms with van der Waals surface area (Å²) in [6.07, 6.45) is -2.50. The Morgan fingerprint density at radius 2 is 2.04 bits per heavy atom. The third kappa shape index (κ3) is 4.70. The summed E-state index contributed by atoms with van der Waals surface area (Å²) in [4.78, 5) is 14.3. The number of aromatic nitrogens is 2. The number of rotatable bonds is 6. The number of alkyl halides is 3. The number of carbonyl (C=O) groups excluding carboxylic acids is 1. The number of amides is 1. The van der Waals surface area contributed by atoms with Crippen LogP contribution in [0.5, 0.6) is 0 Å². The number of nitrogens with one attached hydrogen (secondary N) is 1. The third-order valence-electron chi connectivity index (χ3n) is 4.44. The summed E-state index contributed by atoms with van der Waals surface area (Å²) >= 11 is 0. The summed E-state index contributed by atoms with van der Waals surface area (Å²) in [6.45, 7) is 7.23. The van der Waals surface area contributed by atoms with Crippen molar-refractivity contribution < 1.29 is 22.7 Å². The number of nitrogens with zero attached hydrogens (tertiary/aromatic N) is 3. The van der Waals surface area contributed by atoms with E-state index < -0.39 is 11.9 Å². The molecule has 1 aromatic rings. The quantitative estimate of drug-likeness (QED) is 0.847. The van der Waals surface area contributed by atoms with Gasteiger partial charge < -0.3 is 10.1 Å². The zero-order valence-corrected chi connectivity index (χ0v) is 13.9. The molecule has 0 aromatic carbocycles. The highest BCUT2D eigenvalue weighted by Gasteiger charge is 2.34. The van der Waals surface area contributed by atoms with Crippen molar-refractivity contribution in [3.8, 4) is 0 Å².